The molecule has 3 heteroatoms. The van der Waals surface area contributed by atoms with Crippen molar-refractivity contribution in [2.75, 3.05) is 17.3 Å². The molecule has 0 aliphatic heterocycles. The third kappa shape index (κ3) is 4.08. The first kappa shape index (κ1) is 14.1. The molecule has 0 fully saturated rings. The van der Waals surface area contributed by atoms with Gasteiger partial charge in [-0.05, 0) is 30.2 Å². The van der Waals surface area contributed by atoms with Crippen LogP contribution < -0.4 is 5.32 Å². The molecule has 94 valence electrons. The molecular formula is C14H21NOS. The number of thioether (sulfide) groups is 1. The maximum absolute atomic E-state index is 11.8. The number of rotatable bonds is 5. The number of aryl methyl sites for hydroxylation is 1. The van der Waals surface area contributed by atoms with Crippen LogP contribution in [0.5, 0.6) is 0 Å². The summed E-state index contributed by atoms with van der Waals surface area (Å²) in [6.07, 6.45) is 2.59. The van der Waals surface area contributed by atoms with Gasteiger partial charge in [0.05, 0.1) is 0 Å². The molecule has 0 radical (unpaired) electrons. The largest absolute Gasteiger partial charge is 0.326 e. The van der Waals surface area contributed by atoms with E-state index in [0.717, 1.165) is 17.0 Å². The highest BCUT2D eigenvalue weighted by Gasteiger charge is 2.11. The summed E-state index contributed by atoms with van der Waals surface area (Å²) in [5.41, 5.74) is 3.34. The van der Waals surface area contributed by atoms with Crippen molar-refractivity contribution in [3.63, 3.8) is 0 Å². The molecule has 1 N–H and O–H groups in total. The highest BCUT2D eigenvalue weighted by atomic mass is 32.2. The fraction of sp³-hybridized carbons (Fsp3) is 0.500. The Bertz CT molecular complexity index is 388. The quantitative estimate of drug-likeness (QED) is 0.862. The summed E-state index contributed by atoms with van der Waals surface area (Å²) in [6, 6.07) is 6.17. The molecule has 1 rings (SSSR count). The van der Waals surface area contributed by atoms with Gasteiger partial charge in [0.2, 0.25) is 5.91 Å². The van der Waals surface area contributed by atoms with Gasteiger partial charge in [0.25, 0.3) is 0 Å². The summed E-state index contributed by atoms with van der Waals surface area (Å²) in [7, 11) is 0. The number of para-hydroxylation sites is 1. The lowest BCUT2D eigenvalue weighted by molar-refractivity contribution is -0.115. The summed E-state index contributed by atoms with van der Waals surface area (Å²) >= 11 is 1.69. The molecule has 0 unspecified atom stereocenters. The summed E-state index contributed by atoms with van der Waals surface area (Å²) in [6.45, 7) is 6.33. The fourth-order valence-corrected chi connectivity index (χ4v) is 2.13. The van der Waals surface area contributed by atoms with Gasteiger partial charge in [0, 0.05) is 17.9 Å². The van der Waals surface area contributed by atoms with Crippen LogP contribution in [0, 0.1) is 6.92 Å². The Hall–Kier alpha value is -0.960. The molecule has 0 heterocycles. The molecule has 0 aromatic heterocycles. The van der Waals surface area contributed by atoms with E-state index in [2.05, 4.69) is 25.2 Å². The van der Waals surface area contributed by atoms with Gasteiger partial charge < -0.3 is 5.32 Å². The van der Waals surface area contributed by atoms with Crippen molar-refractivity contribution in [3.05, 3.63) is 29.3 Å². The number of carbonyl (C=O) groups excluding carboxylic acids is 1. The molecule has 1 aromatic carbocycles. The molecule has 0 saturated heterocycles. The van der Waals surface area contributed by atoms with Gasteiger partial charge >= 0.3 is 0 Å². The number of amides is 1. The lowest BCUT2D eigenvalue weighted by Gasteiger charge is -2.16. The van der Waals surface area contributed by atoms with Crippen molar-refractivity contribution in [1.29, 1.82) is 0 Å². The van der Waals surface area contributed by atoms with Gasteiger partial charge in [-0.3, -0.25) is 4.79 Å². The van der Waals surface area contributed by atoms with Gasteiger partial charge in [-0.2, -0.15) is 11.8 Å². The molecule has 0 saturated carbocycles. The van der Waals surface area contributed by atoms with Crippen molar-refractivity contribution < 1.29 is 4.79 Å². The van der Waals surface area contributed by atoms with Gasteiger partial charge in [0.15, 0.2) is 0 Å². The summed E-state index contributed by atoms with van der Waals surface area (Å²) < 4.78 is 0. The van der Waals surface area contributed by atoms with Crippen LogP contribution in [0.3, 0.4) is 0 Å². The average Bonchev–Trinajstić information content (AvgIpc) is 2.28. The van der Waals surface area contributed by atoms with E-state index in [9.17, 15) is 4.79 Å². The van der Waals surface area contributed by atoms with E-state index in [1.165, 1.54) is 5.56 Å². The summed E-state index contributed by atoms with van der Waals surface area (Å²) in [5.74, 6) is 1.40. The first-order valence-electron chi connectivity index (χ1n) is 5.94. The van der Waals surface area contributed by atoms with Crippen LogP contribution in [0.1, 0.15) is 37.3 Å². The minimum atomic E-state index is 0.107. The number of carbonyl (C=O) groups is 1. The van der Waals surface area contributed by atoms with Gasteiger partial charge in [-0.25, -0.2) is 0 Å². The predicted octanol–water partition coefficient (Wildman–Crippen LogP) is 3.81. The fourth-order valence-electron chi connectivity index (χ4n) is 1.74. The van der Waals surface area contributed by atoms with Crippen LogP contribution in [-0.4, -0.2) is 17.9 Å². The monoisotopic (exact) mass is 251 g/mol. The smallest absolute Gasteiger partial charge is 0.225 e. The van der Waals surface area contributed by atoms with Crippen LogP contribution in [0.2, 0.25) is 0 Å². The van der Waals surface area contributed by atoms with E-state index in [1.807, 2.05) is 25.3 Å². The SMILES string of the molecule is CSCCC(=O)Nc1c(C)cccc1C(C)C. The topological polar surface area (TPSA) is 29.1 Å². The van der Waals surface area contributed by atoms with Crippen molar-refractivity contribution in [3.8, 4) is 0 Å². The van der Waals surface area contributed by atoms with E-state index < -0.39 is 0 Å². The van der Waals surface area contributed by atoms with Crippen LogP contribution in [0.25, 0.3) is 0 Å². The zero-order valence-corrected chi connectivity index (χ0v) is 11.9. The molecule has 0 atom stereocenters. The number of hydrogen-bond acceptors (Lipinski definition) is 2. The molecule has 0 bridgehead atoms. The Morgan fingerprint density at radius 1 is 1.41 bits per heavy atom. The van der Waals surface area contributed by atoms with Gasteiger partial charge in [0.1, 0.15) is 0 Å². The van der Waals surface area contributed by atoms with Crippen LogP contribution in [0.15, 0.2) is 18.2 Å². The lowest BCUT2D eigenvalue weighted by atomic mass is 9.98. The number of anilines is 1. The van der Waals surface area contributed by atoms with Crippen LogP contribution in [0.4, 0.5) is 5.69 Å². The van der Waals surface area contributed by atoms with Gasteiger partial charge in [-0.1, -0.05) is 32.0 Å². The van der Waals surface area contributed by atoms with E-state index in [4.69, 9.17) is 0 Å². The van der Waals surface area contributed by atoms with Crippen molar-refractivity contribution in [2.45, 2.75) is 33.1 Å². The van der Waals surface area contributed by atoms with E-state index in [1.54, 1.807) is 11.8 Å². The zero-order chi connectivity index (χ0) is 12.8. The Balaban J connectivity index is 2.85. The molecule has 1 aromatic rings. The minimum absolute atomic E-state index is 0.107. The first-order chi connectivity index (χ1) is 8.06. The molecular weight excluding hydrogens is 230 g/mol. The molecule has 17 heavy (non-hydrogen) atoms. The summed E-state index contributed by atoms with van der Waals surface area (Å²) in [5, 5.41) is 3.04. The standard InChI is InChI=1S/C14H21NOS/c1-10(2)12-7-5-6-11(3)14(12)15-13(16)8-9-17-4/h5-7,10H,8-9H2,1-4H3,(H,15,16). The third-order valence-electron chi connectivity index (χ3n) is 2.72. The molecule has 0 aliphatic carbocycles. The minimum Gasteiger partial charge on any atom is -0.326 e. The summed E-state index contributed by atoms with van der Waals surface area (Å²) in [4.78, 5) is 11.8. The molecule has 1 amide bonds. The average molecular weight is 251 g/mol. The number of benzene rings is 1. The van der Waals surface area contributed by atoms with Crippen LogP contribution >= 0.6 is 11.8 Å². The maximum atomic E-state index is 11.8. The van der Waals surface area contributed by atoms with Crippen molar-refractivity contribution in [2.24, 2.45) is 0 Å². The number of nitrogens with one attached hydrogen (secondary N) is 1. The second-order valence-electron chi connectivity index (χ2n) is 4.48. The zero-order valence-electron chi connectivity index (χ0n) is 11.0. The van der Waals surface area contributed by atoms with Crippen molar-refractivity contribution in [1.82, 2.24) is 0 Å². The Kier molecular flexibility index (Phi) is 5.56. The highest BCUT2D eigenvalue weighted by Crippen LogP contribution is 2.27. The van der Waals surface area contributed by atoms with Crippen molar-refractivity contribution >= 4 is 23.4 Å². The predicted molar refractivity (Wildman–Crippen MR) is 76.9 cm³/mol. The second-order valence-corrected chi connectivity index (χ2v) is 5.47. The maximum Gasteiger partial charge on any atom is 0.225 e. The third-order valence-corrected chi connectivity index (χ3v) is 3.34. The van der Waals surface area contributed by atoms with E-state index in [-0.39, 0.29) is 5.91 Å². The molecule has 0 spiro atoms. The molecule has 0 aliphatic rings. The Morgan fingerprint density at radius 2 is 2.12 bits per heavy atom. The number of hydrogen-bond donors (Lipinski definition) is 1. The van der Waals surface area contributed by atoms with E-state index in [0.29, 0.717) is 12.3 Å². The van der Waals surface area contributed by atoms with Crippen LogP contribution in [-0.2, 0) is 4.79 Å². The Labute approximate surface area is 108 Å². The van der Waals surface area contributed by atoms with E-state index >= 15 is 0 Å². The Morgan fingerprint density at radius 3 is 2.71 bits per heavy atom. The van der Waals surface area contributed by atoms with Gasteiger partial charge in [-0.15, -0.1) is 0 Å². The second kappa shape index (κ2) is 6.70. The normalized spacial score (nSPS) is 10.6. The first-order valence-corrected chi connectivity index (χ1v) is 7.34. The lowest BCUT2D eigenvalue weighted by Crippen LogP contribution is -2.15. The highest BCUT2D eigenvalue weighted by molar-refractivity contribution is 7.98. The molecule has 2 nitrogen and oxygen atoms in total.